The molecule has 0 saturated carbocycles. The van der Waals surface area contributed by atoms with Crippen LogP contribution in [-0.2, 0) is 19.4 Å². The number of hydrogen-bond donors (Lipinski definition) is 2. The third-order valence-electron chi connectivity index (χ3n) is 2.72. The first-order valence-corrected chi connectivity index (χ1v) is 7.08. The molecule has 116 valence electrons. The standard InChI is InChI=1S/C9H16N4O5S.H2O/c1-7-6-8(12-2-4-17-5-3-12)11-9(10)13(7)18-19(14,15)16;/h6-7H,2-5H2,1H3,(H2,10,11)(H,14,15,16);1H2. The Morgan fingerprint density at radius 1 is 1.50 bits per heavy atom. The molecular formula is C9H18N4O6S. The van der Waals surface area contributed by atoms with E-state index in [0.29, 0.717) is 32.1 Å². The van der Waals surface area contributed by atoms with Crippen molar-refractivity contribution in [2.45, 2.75) is 13.0 Å². The second kappa shape index (κ2) is 6.37. The van der Waals surface area contributed by atoms with Gasteiger partial charge in [-0.1, -0.05) is 0 Å². The fourth-order valence-electron chi connectivity index (χ4n) is 1.87. The topological polar surface area (TPSA) is 149 Å². The Balaban J connectivity index is 0.00000200. The molecule has 2 aliphatic heterocycles. The molecule has 0 bridgehead atoms. The summed E-state index contributed by atoms with van der Waals surface area (Å²) in [5.41, 5.74) is 5.65. The van der Waals surface area contributed by atoms with Crippen molar-refractivity contribution < 1.29 is 27.5 Å². The molecule has 0 radical (unpaired) electrons. The van der Waals surface area contributed by atoms with Crippen LogP contribution in [0.25, 0.3) is 0 Å². The summed E-state index contributed by atoms with van der Waals surface area (Å²) in [6.45, 7) is 4.26. The van der Waals surface area contributed by atoms with E-state index in [1.54, 1.807) is 13.0 Å². The Hall–Kier alpha value is -1.40. The van der Waals surface area contributed by atoms with Crippen molar-refractivity contribution in [2.24, 2.45) is 10.7 Å². The Morgan fingerprint density at radius 2 is 2.10 bits per heavy atom. The average Bonchev–Trinajstić information content (AvgIpc) is 2.33. The first-order valence-electron chi connectivity index (χ1n) is 5.72. The summed E-state index contributed by atoms with van der Waals surface area (Å²) in [6.07, 6.45) is 1.70. The quantitative estimate of drug-likeness (QED) is 0.573. The molecule has 10 nitrogen and oxygen atoms in total. The summed E-state index contributed by atoms with van der Waals surface area (Å²) in [5, 5.41) is 0.833. The van der Waals surface area contributed by atoms with Gasteiger partial charge in [0.25, 0.3) is 0 Å². The first kappa shape index (κ1) is 16.7. The lowest BCUT2D eigenvalue weighted by Crippen LogP contribution is -2.47. The minimum atomic E-state index is -4.63. The summed E-state index contributed by atoms with van der Waals surface area (Å²) in [5.74, 6) is 0.512. The number of hydrogen-bond acceptors (Lipinski definition) is 8. The summed E-state index contributed by atoms with van der Waals surface area (Å²) < 4.78 is 39.7. The third kappa shape index (κ3) is 4.05. The van der Waals surface area contributed by atoms with Gasteiger partial charge < -0.3 is 20.8 Å². The molecule has 2 heterocycles. The highest BCUT2D eigenvalue weighted by Crippen LogP contribution is 2.18. The van der Waals surface area contributed by atoms with Gasteiger partial charge in [0, 0.05) is 13.1 Å². The molecule has 0 amide bonds. The summed E-state index contributed by atoms with van der Waals surface area (Å²) in [7, 11) is -4.63. The molecule has 1 saturated heterocycles. The molecule has 1 atom stereocenters. The normalized spacial score (nSPS) is 23.8. The van der Waals surface area contributed by atoms with Gasteiger partial charge in [-0.25, -0.2) is 0 Å². The van der Waals surface area contributed by atoms with E-state index in [1.807, 2.05) is 4.90 Å². The Labute approximate surface area is 116 Å². The van der Waals surface area contributed by atoms with Crippen molar-refractivity contribution >= 4 is 16.4 Å². The van der Waals surface area contributed by atoms with Gasteiger partial charge in [-0.15, -0.1) is 4.28 Å². The molecule has 0 aromatic carbocycles. The van der Waals surface area contributed by atoms with Crippen LogP contribution < -0.4 is 5.73 Å². The van der Waals surface area contributed by atoms with E-state index < -0.39 is 16.4 Å². The summed E-state index contributed by atoms with van der Waals surface area (Å²) in [4.78, 5) is 6.06. The van der Waals surface area contributed by atoms with E-state index in [0.717, 1.165) is 5.06 Å². The number of ether oxygens (including phenoxy) is 1. The maximum absolute atomic E-state index is 10.7. The van der Waals surface area contributed by atoms with Crippen LogP contribution in [0.15, 0.2) is 16.9 Å². The molecule has 0 aromatic heterocycles. The molecule has 1 fully saturated rings. The number of morpholine rings is 1. The van der Waals surface area contributed by atoms with E-state index in [4.69, 9.17) is 15.0 Å². The zero-order valence-corrected chi connectivity index (χ0v) is 11.7. The molecular weight excluding hydrogens is 292 g/mol. The largest absolute Gasteiger partial charge is 0.418 e. The Morgan fingerprint density at radius 3 is 2.60 bits per heavy atom. The molecule has 2 rings (SSSR count). The maximum atomic E-state index is 10.7. The average molecular weight is 310 g/mol. The number of guanidine groups is 1. The second-order valence-corrected chi connectivity index (χ2v) is 5.17. The molecule has 5 N–H and O–H groups in total. The van der Waals surface area contributed by atoms with Gasteiger partial charge in [-0.3, -0.25) is 4.55 Å². The van der Waals surface area contributed by atoms with Crippen LogP contribution in [0.3, 0.4) is 0 Å². The van der Waals surface area contributed by atoms with E-state index in [-0.39, 0.29) is 11.4 Å². The zero-order chi connectivity index (χ0) is 14.0. The highest BCUT2D eigenvalue weighted by molar-refractivity contribution is 7.80. The fourth-order valence-corrected chi connectivity index (χ4v) is 2.29. The number of hydroxylamine groups is 2. The number of rotatable bonds is 3. The van der Waals surface area contributed by atoms with Gasteiger partial charge in [0.15, 0.2) is 0 Å². The van der Waals surface area contributed by atoms with Crippen LogP contribution in [0.5, 0.6) is 0 Å². The Kier molecular flexibility index (Phi) is 5.30. The SMILES string of the molecule is CC1C=C(N2CCOCC2)N=C(N)N1OS(=O)(=O)O.O. The number of nitrogens with two attached hydrogens (primary N) is 1. The van der Waals surface area contributed by atoms with Gasteiger partial charge in [0.05, 0.1) is 19.3 Å². The molecule has 0 aliphatic carbocycles. The molecule has 0 spiro atoms. The van der Waals surface area contributed by atoms with Gasteiger partial charge in [0.1, 0.15) is 5.82 Å². The monoisotopic (exact) mass is 310 g/mol. The van der Waals surface area contributed by atoms with Crippen molar-refractivity contribution in [3.8, 4) is 0 Å². The highest BCUT2D eigenvalue weighted by Gasteiger charge is 2.28. The number of aliphatic imine (C=N–C) groups is 1. The van der Waals surface area contributed by atoms with Crippen molar-refractivity contribution in [1.29, 1.82) is 0 Å². The summed E-state index contributed by atoms with van der Waals surface area (Å²) in [6, 6.07) is -0.475. The van der Waals surface area contributed by atoms with E-state index in [9.17, 15) is 8.42 Å². The first-order chi connectivity index (χ1) is 8.87. The lowest BCUT2D eigenvalue weighted by atomic mass is 10.2. The lowest BCUT2D eigenvalue weighted by molar-refractivity contribution is -0.0111. The van der Waals surface area contributed by atoms with Gasteiger partial charge in [0.2, 0.25) is 5.96 Å². The van der Waals surface area contributed by atoms with Crippen molar-refractivity contribution in [3.05, 3.63) is 11.9 Å². The molecule has 0 aromatic rings. The van der Waals surface area contributed by atoms with Crippen molar-refractivity contribution in [3.63, 3.8) is 0 Å². The Bertz CT molecular complexity index is 499. The molecule has 20 heavy (non-hydrogen) atoms. The predicted octanol–water partition coefficient (Wildman–Crippen LogP) is -1.91. The summed E-state index contributed by atoms with van der Waals surface area (Å²) >= 11 is 0. The molecule has 2 aliphatic rings. The maximum Gasteiger partial charge on any atom is 0.418 e. The van der Waals surface area contributed by atoms with E-state index >= 15 is 0 Å². The fraction of sp³-hybridized carbons (Fsp3) is 0.667. The smallest absolute Gasteiger partial charge is 0.412 e. The predicted molar refractivity (Wildman–Crippen MR) is 69.6 cm³/mol. The minimum Gasteiger partial charge on any atom is -0.412 e. The van der Waals surface area contributed by atoms with Crippen LogP contribution in [0.4, 0.5) is 0 Å². The van der Waals surface area contributed by atoms with Gasteiger partial charge in [-0.05, 0) is 13.0 Å². The lowest BCUT2D eigenvalue weighted by Gasteiger charge is -2.34. The van der Waals surface area contributed by atoms with E-state index in [2.05, 4.69) is 9.28 Å². The third-order valence-corrected chi connectivity index (χ3v) is 3.07. The van der Waals surface area contributed by atoms with E-state index in [1.165, 1.54) is 0 Å². The zero-order valence-electron chi connectivity index (χ0n) is 10.9. The number of nitrogens with zero attached hydrogens (tertiary/aromatic N) is 3. The van der Waals surface area contributed by atoms with Crippen LogP contribution in [-0.4, -0.2) is 66.7 Å². The van der Waals surface area contributed by atoms with Crippen molar-refractivity contribution in [1.82, 2.24) is 9.96 Å². The minimum absolute atomic E-state index is 0. The highest BCUT2D eigenvalue weighted by atomic mass is 32.3. The molecule has 11 heteroatoms. The van der Waals surface area contributed by atoms with Gasteiger partial charge in [-0.2, -0.15) is 18.5 Å². The van der Waals surface area contributed by atoms with Crippen LogP contribution in [0.2, 0.25) is 0 Å². The second-order valence-electron chi connectivity index (χ2n) is 4.16. The van der Waals surface area contributed by atoms with Crippen LogP contribution in [0.1, 0.15) is 6.92 Å². The molecule has 1 unspecified atom stereocenters. The van der Waals surface area contributed by atoms with Gasteiger partial charge >= 0.3 is 10.4 Å². The van der Waals surface area contributed by atoms with Crippen molar-refractivity contribution in [2.75, 3.05) is 26.3 Å². The van der Waals surface area contributed by atoms with Crippen LogP contribution >= 0.6 is 0 Å². The van der Waals surface area contributed by atoms with Crippen LogP contribution in [0, 0.1) is 0 Å².